The van der Waals surface area contributed by atoms with Crippen molar-refractivity contribution in [3.63, 3.8) is 0 Å². The van der Waals surface area contributed by atoms with Crippen LogP contribution < -0.4 is 10.2 Å². The number of hydrogen-bond acceptors (Lipinski definition) is 2. The number of halogens is 4. The molecule has 3 aromatic carbocycles. The number of β-lactam (4-membered cyclic amide) rings is 1. The maximum absolute atomic E-state index is 13.5. The minimum atomic E-state index is -4.67. The summed E-state index contributed by atoms with van der Waals surface area (Å²) in [6.45, 7) is 0.497. The predicted octanol–water partition coefficient (Wildman–Crippen LogP) is 6.76. The number of amides is 3. The Bertz CT molecular complexity index is 1280. The number of piperidine rings is 1. The van der Waals surface area contributed by atoms with Gasteiger partial charge in [0.15, 0.2) is 0 Å². The molecule has 186 valence electrons. The lowest BCUT2D eigenvalue weighted by atomic mass is 9.62. The molecule has 9 heteroatoms. The number of carbonyl (C=O) groups is 2. The van der Waals surface area contributed by atoms with Gasteiger partial charge < -0.3 is 15.1 Å². The third-order valence-electron chi connectivity index (χ3n) is 7.05. The molecular formula is C27H23ClF3N3O2. The molecule has 0 bridgehead atoms. The lowest BCUT2D eigenvalue weighted by Crippen LogP contribution is -2.67. The number of carbonyl (C=O) groups excluding carboxylic acids is 2. The Morgan fingerprint density at radius 2 is 1.56 bits per heavy atom. The first-order valence-corrected chi connectivity index (χ1v) is 11.9. The molecule has 0 radical (unpaired) electrons. The van der Waals surface area contributed by atoms with Crippen LogP contribution in [-0.4, -0.2) is 29.9 Å². The summed E-state index contributed by atoms with van der Waals surface area (Å²) in [6.07, 6.45) is -3.84. The third-order valence-corrected chi connectivity index (χ3v) is 7.28. The van der Waals surface area contributed by atoms with Gasteiger partial charge >= 0.3 is 12.2 Å². The number of anilines is 2. The van der Waals surface area contributed by atoms with Crippen molar-refractivity contribution in [2.75, 3.05) is 23.3 Å². The highest BCUT2D eigenvalue weighted by Gasteiger charge is 2.62. The second-order valence-electron chi connectivity index (χ2n) is 9.08. The van der Waals surface area contributed by atoms with Crippen LogP contribution in [0.1, 0.15) is 30.0 Å². The fraction of sp³-hybridized carbons (Fsp3) is 0.259. The molecule has 1 spiro atoms. The van der Waals surface area contributed by atoms with Gasteiger partial charge in [0.1, 0.15) is 0 Å². The van der Waals surface area contributed by atoms with Crippen molar-refractivity contribution < 1.29 is 22.8 Å². The van der Waals surface area contributed by atoms with E-state index in [1.54, 1.807) is 4.90 Å². The van der Waals surface area contributed by atoms with E-state index in [0.29, 0.717) is 12.8 Å². The molecule has 0 saturated carbocycles. The van der Waals surface area contributed by atoms with Crippen LogP contribution in [-0.2, 0) is 11.0 Å². The van der Waals surface area contributed by atoms with E-state index in [1.165, 1.54) is 11.0 Å². The number of nitrogens with one attached hydrogen (secondary N) is 1. The zero-order valence-electron chi connectivity index (χ0n) is 19.1. The van der Waals surface area contributed by atoms with E-state index < -0.39 is 23.2 Å². The minimum Gasteiger partial charge on any atom is -0.324 e. The van der Waals surface area contributed by atoms with Gasteiger partial charge in [-0.25, -0.2) is 4.79 Å². The highest BCUT2D eigenvalue weighted by atomic mass is 35.5. The minimum absolute atomic E-state index is 0.000305. The van der Waals surface area contributed by atoms with Crippen LogP contribution in [0.4, 0.5) is 29.3 Å². The summed E-state index contributed by atoms with van der Waals surface area (Å²) in [4.78, 5) is 29.7. The van der Waals surface area contributed by atoms with Crippen molar-refractivity contribution in [1.29, 1.82) is 0 Å². The summed E-state index contributed by atoms with van der Waals surface area (Å²) in [5, 5.41) is 2.31. The van der Waals surface area contributed by atoms with Crippen LogP contribution in [0.15, 0.2) is 78.9 Å². The van der Waals surface area contributed by atoms with E-state index in [-0.39, 0.29) is 35.7 Å². The lowest BCUT2D eigenvalue weighted by molar-refractivity contribution is -0.144. The van der Waals surface area contributed by atoms with Crippen LogP contribution >= 0.6 is 11.6 Å². The maximum atomic E-state index is 13.5. The van der Waals surface area contributed by atoms with Crippen molar-refractivity contribution >= 4 is 34.9 Å². The highest BCUT2D eigenvalue weighted by molar-refractivity contribution is 6.30. The van der Waals surface area contributed by atoms with Crippen LogP contribution in [0.3, 0.4) is 0 Å². The van der Waals surface area contributed by atoms with Crippen molar-refractivity contribution in [1.82, 2.24) is 4.90 Å². The normalized spacial score (nSPS) is 19.2. The Labute approximate surface area is 211 Å². The summed E-state index contributed by atoms with van der Waals surface area (Å²) >= 11 is 5.74. The van der Waals surface area contributed by atoms with Gasteiger partial charge in [-0.1, -0.05) is 60.1 Å². The first-order chi connectivity index (χ1) is 17.2. The van der Waals surface area contributed by atoms with E-state index in [2.05, 4.69) is 5.32 Å². The molecule has 5 nitrogen and oxygen atoms in total. The summed E-state index contributed by atoms with van der Waals surface area (Å²) < 4.78 is 40.3. The van der Waals surface area contributed by atoms with E-state index in [1.807, 2.05) is 60.7 Å². The molecule has 1 atom stereocenters. The molecule has 1 unspecified atom stereocenters. The number of rotatable bonds is 3. The second-order valence-corrected chi connectivity index (χ2v) is 9.52. The number of urea groups is 1. The molecule has 2 aliphatic heterocycles. The van der Waals surface area contributed by atoms with Crippen molar-refractivity contribution in [2.45, 2.75) is 25.1 Å². The lowest BCUT2D eigenvalue weighted by Gasteiger charge is -2.59. The first kappa shape index (κ1) is 24.2. The standard InChI is InChI=1S/C27H23ClF3N3O2/c28-19-11-12-22(21(17-19)27(29,30)31)32-25(36)33-15-13-26(14-16-33)23(18-7-3-1-4-8-18)34(24(26)35)20-9-5-2-6-10-20/h1-12,17,23H,13-16H2,(H,32,36). The molecule has 36 heavy (non-hydrogen) atoms. The van der Waals surface area contributed by atoms with E-state index >= 15 is 0 Å². The molecule has 2 aliphatic rings. The number of alkyl halides is 3. The fourth-order valence-electron chi connectivity index (χ4n) is 5.26. The second kappa shape index (κ2) is 9.17. The van der Waals surface area contributed by atoms with Crippen LogP contribution in [0.2, 0.25) is 5.02 Å². The number of hydrogen-bond donors (Lipinski definition) is 1. The molecule has 2 saturated heterocycles. The van der Waals surface area contributed by atoms with E-state index in [9.17, 15) is 22.8 Å². The van der Waals surface area contributed by atoms with Gasteiger partial charge in [0.2, 0.25) is 5.91 Å². The van der Waals surface area contributed by atoms with Crippen molar-refractivity contribution in [2.24, 2.45) is 5.41 Å². The summed E-state index contributed by atoms with van der Waals surface area (Å²) in [6, 6.07) is 21.6. The maximum Gasteiger partial charge on any atom is 0.418 e. The number of benzene rings is 3. The van der Waals surface area contributed by atoms with Gasteiger partial charge in [0.05, 0.1) is 22.7 Å². The summed E-state index contributed by atoms with van der Waals surface area (Å²) in [5.74, 6) is -0.000305. The molecule has 5 rings (SSSR count). The van der Waals surface area contributed by atoms with Gasteiger partial charge in [0, 0.05) is 23.8 Å². The number of nitrogens with zero attached hydrogens (tertiary/aromatic N) is 2. The molecule has 2 fully saturated rings. The molecule has 2 heterocycles. The van der Waals surface area contributed by atoms with Crippen molar-refractivity contribution in [3.05, 3.63) is 95.0 Å². The Hall–Kier alpha value is -3.52. The largest absolute Gasteiger partial charge is 0.418 e. The smallest absolute Gasteiger partial charge is 0.324 e. The Morgan fingerprint density at radius 1 is 0.944 bits per heavy atom. The van der Waals surface area contributed by atoms with Gasteiger partial charge in [0.25, 0.3) is 0 Å². The van der Waals surface area contributed by atoms with Gasteiger partial charge in [-0.2, -0.15) is 13.2 Å². The van der Waals surface area contributed by atoms with E-state index in [4.69, 9.17) is 11.6 Å². The number of likely N-dealkylation sites (tertiary alicyclic amines) is 1. The number of para-hydroxylation sites is 1. The Morgan fingerprint density at radius 3 is 2.17 bits per heavy atom. The molecule has 1 N–H and O–H groups in total. The van der Waals surface area contributed by atoms with Gasteiger partial charge in [-0.05, 0) is 48.7 Å². The molecule has 3 aromatic rings. The van der Waals surface area contributed by atoms with Crippen molar-refractivity contribution in [3.8, 4) is 0 Å². The first-order valence-electron chi connectivity index (χ1n) is 11.6. The highest BCUT2D eigenvalue weighted by Crippen LogP contribution is 2.57. The Balaban J connectivity index is 1.35. The summed E-state index contributed by atoms with van der Waals surface area (Å²) in [5.41, 5.74) is -0.215. The summed E-state index contributed by atoms with van der Waals surface area (Å²) in [7, 11) is 0. The zero-order chi connectivity index (χ0) is 25.5. The predicted molar refractivity (Wildman–Crippen MR) is 132 cm³/mol. The fourth-order valence-corrected chi connectivity index (χ4v) is 5.44. The van der Waals surface area contributed by atoms with Crippen LogP contribution in [0.5, 0.6) is 0 Å². The van der Waals surface area contributed by atoms with Gasteiger partial charge in [-0.15, -0.1) is 0 Å². The zero-order valence-corrected chi connectivity index (χ0v) is 19.9. The van der Waals surface area contributed by atoms with Crippen LogP contribution in [0.25, 0.3) is 0 Å². The molecule has 3 amide bonds. The molecule has 0 aliphatic carbocycles. The molecule has 0 aromatic heterocycles. The Kier molecular flexibility index (Phi) is 6.16. The topological polar surface area (TPSA) is 52.7 Å². The average Bonchev–Trinajstić information content (AvgIpc) is 2.88. The average molecular weight is 514 g/mol. The third kappa shape index (κ3) is 4.19. The molecular weight excluding hydrogens is 491 g/mol. The SMILES string of the molecule is O=C(Nc1ccc(Cl)cc1C(F)(F)F)N1CCC2(CC1)C(=O)N(c1ccccc1)C2c1ccccc1. The van der Waals surface area contributed by atoms with Crippen LogP contribution in [0, 0.1) is 5.41 Å². The monoisotopic (exact) mass is 513 g/mol. The van der Waals surface area contributed by atoms with E-state index in [0.717, 1.165) is 23.4 Å². The van der Waals surface area contributed by atoms with Gasteiger partial charge in [-0.3, -0.25) is 4.79 Å². The quantitative estimate of drug-likeness (QED) is 0.393.